The topological polar surface area (TPSA) is 9.23 Å². The Kier molecular flexibility index (Phi) is 4.72. The summed E-state index contributed by atoms with van der Waals surface area (Å²) in [7, 11) is -0.194. The molecule has 0 unspecified atom stereocenters. The van der Waals surface area contributed by atoms with Gasteiger partial charge in [-0.05, 0) is 18.0 Å². The van der Waals surface area contributed by atoms with E-state index < -0.39 is 0 Å². The Morgan fingerprint density at radius 1 is 1.25 bits per heavy atom. The maximum absolute atomic E-state index is 5.53. The number of rotatable bonds is 5. The summed E-state index contributed by atoms with van der Waals surface area (Å²) in [5.74, 6) is 0. The average molecular weight is 180 g/mol. The highest BCUT2D eigenvalue weighted by Crippen LogP contribution is 1.99. The van der Waals surface area contributed by atoms with E-state index in [0.717, 1.165) is 13.0 Å². The minimum absolute atomic E-state index is 0.194. The molecule has 66 valence electrons. The molecule has 0 aliphatic carbocycles. The van der Waals surface area contributed by atoms with Crippen LogP contribution >= 0.6 is 0 Å². The fraction of sp³-hybridized carbons (Fsp3) is 0.400. The van der Waals surface area contributed by atoms with Gasteiger partial charge in [-0.1, -0.05) is 37.3 Å². The lowest BCUT2D eigenvalue weighted by Crippen LogP contribution is -2.01. The Morgan fingerprint density at radius 2 is 2.00 bits per heavy atom. The van der Waals surface area contributed by atoms with Crippen LogP contribution in [0.25, 0.3) is 0 Å². The van der Waals surface area contributed by atoms with Gasteiger partial charge in [-0.2, -0.15) is 0 Å². The molecule has 2 heteroatoms. The molecule has 12 heavy (non-hydrogen) atoms. The third kappa shape index (κ3) is 3.69. The molecule has 1 aromatic rings. The van der Waals surface area contributed by atoms with E-state index in [1.165, 1.54) is 11.6 Å². The van der Waals surface area contributed by atoms with Crippen LogP contribution in [0.4, 0.5) is 0 Å². The van der Waals surface area contributed by atoms with Gasteiger partial charge in [0.25, 0.3) is 0 Å². The first-order valence-corrected chi connectivity index (χ1v) is 6.13. The zero-order valence-electron chi connectivity index (χ0n) is 7.62. The Labute approximate surface area is 76.7 Å². The summed E-state index contributed by atoms with van der Waals surface area (Å²) in [6, 6.07) is 11.7. The van der Waals surface area contributed by atoms with Crippen LogP contribution in [0.5, 0.6) is 0 Å². The van der Waals surface area contributed by atoms with E-state index in [0.29, 0.717) is 0 Å². The molecule has 0 heterocycles. The lowest BCUT2D eigenvalue weighted by molar-refractivity contribution is 0.340. The van der Waals surface area contributed by atoms with E-state index in [-0.39, 0.29) is 9.76 Å². The van der Waals surface area contributed by atoms with E-state index in [1.807, 2.05) is 6.07 Å². The lowest BCUT2D eigenvalue weighted by atomic mass is 10.2. The molecule has 0 N–H and O–H groups in total. The molecule has 0 aliphatic rings. The fourth-order valence-corrected chi connectivity index (χ4v) is 1.72. The second kappa shape index (κ2) is 5.97. The van der Waals surface area contributed by atoms with Gasteiger partial charge in [-0.15, -0.1) is 0 Å². The van der Waals surface area contributed by atoms with Crippen molar-refractivity contribution in [2.45, 2.75) is 19.4 Å². The summed E-state index contributed by atoms with van der Waals surface area (Å²) in [5, 5.41) is 0. The van der Waals surface area contributed by atoms with E-state index in [4.69, 9.17) is 4.43 Å². The summed E-state index contributed by atoms with van der Waals surface area (Å²) >= 11 is 0. The highest BCUT2D eigenvalue weighted by atomic mass is 28.2. The molecule has 0 saturated carbocycles. The van der Waals surface area contributed by atoms with Gasteiger partial charge in [0.2, 0.25) is 0 Å². The van der Waals surface area contributed by atoms with Gasteiger partial charge >= 0.3 is 0 Å². The number of benzene rings is 1. The second-order valence-corrected chi connectivity index (χ2v) is 4.66. The molecular formula is C10H16OSi. The molecule has 0 aliphatic heterocycles. The van der Waals surface area contributed by atoms with Gasteiger partial charge in [-0.25, -0.2) is 0 Å². The van der Waals surface area contributed by atoms with Crippen LogP contribution in [-0.4, -0.2) is 16.4 Å². The van der Waals surface area contributed by atoms with Gasteiger partial charge in [0.1, 0.15) is 0 Å². The van der Waals surface area contributed by atoms with Gasteiger partial charge in [0, 0.05) is 6.61 Å². The normalized spacial score (nSPS) is 11.1. The third-order valence-corrected chi connectivity index (χ3v) is 2.71. The Bertz CT molecular complexity index is 198. The quantitative estimate of drug-likeness (QED) is 0.496. The molecule has 0 atom stereocenters. The maximum atomic E-state index is 5.53. The Hall–Kier alpha value is -0.603. The first-order chi connectivity index (χ1) is 5.93. The summed E-state index contributed by atoms with van der Waals surface area (Å²) in [5.41, 5.74) is 1.38. The zero-order valence-corrected chi connectivity index (χ0v) is 9.04. The fourth-order valence-electron chi connectivity index (χ4n) is 1.08. The molecule has 1 nitrogen and oxygen atoms in total. The molecule has 0 saturated heterocycles. The van der Waals surface area contributed by atoms with Crippen molar-refractivity contribution in [2.24, 2.45) is 0 Å². The van der Waals surface area contributed by atoms with Crippen molar-refractivity contribution in [1.29, 1.82) is 0 Å². The number of hydrogen-bond acceptors (Lipinski definition) is 1. The van der Waals surface area contributed by atoms with E-state index in [9.17, 15) is 0 Å². The molecule has 1 aromatic carbocycles. The summed E-state index contributed by atoms with van der Waals surface area (Å²) < 4.78 is 5.53. The summed E-state index contributed by atoms with van der Waals surface area (Å²) in [4.78, 5) is 0. The van der Waals surface area contributed by atoms with Gasteiger partial charge in [0.15, 0.2) is 9.76 Å². The first kappa shape index (κ1) is 9.48. The molecule has 0 spiro atoms. The molecule has 0 fully saturated rings. The smallest absolute Gasteiger partial charge is 0.161 e. The summed E-state index contributed by atoms with van der Waals surface area (Å²) in [6.07, 6.45) is 1.06. The monoisotopic (exact) mass is 180 g/mol. The molecule has 0 amide bonds. The van der Waals surface area contributed by atoms with E-state index >= 15 is 0 Å². The van der Waals surface area contributed by atoms with Crippen molar-refractivity contribution in [3.8, 4) is 0 Å². The van der Waals surface area contributed by atoms with Gasteiger partial charge < -0.3 is 4.43 Å². The highest BCUT2D eigenvalue weighted by Gasteiger charge is 1.90. The lowest BCUT2D eigenvalue weighted by Gasteiger charge is -2.01. The van der Waals surface area contributed by atoms with E-state index in [1.54, 1.807) is 0 Å². The van der Waals surface area contributed by atoms with Crippen molar-refractivity contribution < 1.29 is 4.43 Å². The van der Waals surface area contributed by atoms with Gasteiger partial charge in [0.05, 0.1) is 0 Å². The molecule has 0 bridgehead atoms. The average Bonchev–Trinajstić information content (AvgIpc) is 2.14. The minimum Gasteiger partial charge on any atom is -0.424 e. The van der Waals surface area contributed by atoms with Crippen molar-refractivity contribution in [3.63, 3.8) is 0 Å². The van der Waals surface area contributed by atoms with Crippen LogP contribution in [0.1, 0.15) is 12.5 Å². The van der Waals surface area contributed by atoms with Crippen molar-refractivity contribution in [1.82, 2.24) is 0 Å². The molecular weight excluding hydrogens is 164 g/mol. The van der Waals surface area contributed by atoms with Crippen molar-refractivity contribution >= 4 is 9.76 Å². The van der Waals surface area contributed by atoms with Crippen LogP contribution < -0.4 is 0 Å². The van der Waals surface area contributed by atoms with E-state index in [2.05, 4.69) is 31.2 Å². The second-order valence-electron chi connectivity index (χ2n) is 2.85. The molecule has 1 rings (SSSR count). The number of hydrogen-bond donors (Lipinski definition) is 0. The Balaban J connectivity index is 2.16. The van der Waals surface area contributed by atoms with Crippen LogP contribution in [0.3, 0.4) is 0 Å². The van der Waals surface area contributed by atoms with Crippen LogP contribution in [0.15, 0.2) is 30.3 Å². The standard InChI is InChI=1S/C10H16OSi/c1-2-12-11-9-8-10-6-4-3-5-7-10/h3-7H,2,8-9,12H2,1H3. The zero-order chi connectivity index (χ0) is 8.65. The predicted molar refractivity (Wildman–Crippen MR) is 55.1 cm³/mol. The predicted octanol–water partition coefficient (Wildman–Crippen LogP) is 1.77. The maximum Gasteiger partial charge on any atom is 0.161 e. The van der Waals surface area contributed by atoms with Crippen molar-refractivity contribution in [2.75, 3.05) is 6.61 Å². The van der Waals surface area contributed by atoms with Crippen LogP contribution in [-0.2, 0) is 10.8 Å². The van der Waals surface area contributed by atoms with Gasteiger partial charge in [-0.3, -0.25) is 0 Å². The molecule has 0 aromatic heterocycles. The largest absolute Gasteiger partial charge is 0.424 e. The Morgan fingerprint density at radius 3 is 2.67 bits per heavy atom. The first-order valence-electron chi connectivity index (χ1n) is 4.55. The van der Waals surface area contributed by atoms with Crippen molar-refractivity contribution in [3.05, 3.63) is 35.9 Å². The minimum atomic E-state index is -0.194. The summed E-state index contributed by atoms with van der Waals surface area (Å²) in [6.45, 7) is 3.10. The third-order valence-electron chi connectivity index (χ3n) is 1.73. The van der Waals surface area contributed by atoms with Crippen LogP contribution in [0, 0.1) is 0 Å². The highest BCUT2D eigenvalue weighted by molar-refractivity contribution is 6.26. The van der Waals surface area contributed by atoms with Crippen LogP contribution in [0.2, 0.25) is 6.04 Å². The molecule has 0 radical (unpaired) electrons. The SMILES string of the molecule is CC[SiH2]OCCc1ccccc1.